The average molecular weight is 568 g/mol. The van der Waals surface area contributed by atoms with Crippen LogP contribution in [0.3, 0.4) is 0 Å². The maximum Gasteiger partial charge on any atom is 0.573 e. The van der Waals surface area contributed by atoms with E-state index in [9.17, 15) is 18.0 Å². The fraction of sp³-hybridized carbons (Fsp3) is 0.433. The Labute approximate surface area is 235 Å². The first-order valence-electron chi connectivity index (χ1n) is 14.1. The maximum atomic E-state index is 13.1. The Hall–Kier alpha value is -4.02. The highest BCUT2D eigenvalue weighted by atomic mass is 19.4. The van der Waals surface area contributed by atoms with Gasteiger partial charge in [0.2, 0.25) is 0 Å². The van der Waals surface area contributed by atoms with E-state index in [1.165, 1.54) is 35.2 Å². The Morgan fingerprint density at radius 2 is 1.80 bits per heavy atom. The molecule has 11 heteroatoms. The van der Waals surface area contributed by atoms with Crippen molar-refractivity contribution in [1.82, 2.24) is 25.2 Å². The lowest BCUT2D eigenvalue weighted by Gasteiger charge is -2.35. The predicted octanol–water partition coefficient (Wildman–Crippen LogP) is 6.54. The molecule has 1 atom stereocenters. The number of carbonyl (C=O) groups excluding carboxylic acids is 1. The van der Waals surface area contributed by atoms with Crippen LogP contribution >= 0.6 is 0 Å². The SMILES string of the molecule is O=C(NC1CCC(c2ccnc3cnc4[nH]ccc4c23)CC1)N1CCCC(COc2ccc(OC(F)(F)F)cc2)C1. The van der Waals surface area contributed by atoms with Crippen LogP contribution in [0.5, 0.6) is 11.5 Å². The van der Waals surface area contributed by atoms with Crippen LogP contribution in [-0.4, -0.2) is 58.0 Å². The highest BCUT2D eigenvalue weighted by Gasteiger charge is 2.31. The van der Waals surface area contributed by atoms with Crippen molar-refractivity contribution >= 4 is 28.0 Å². The summed E-state index contributed by atoms with van der Waals surface area (Å²) in [6, 6.07) is 9.65. The summed E-state index contributed by atoms with van der Waals surface area (Å²) in [5.41, 5.74) is 3.07. The number of piperidine rings is 1. The number of carbonyl (C=O) groups is 1. The second-order valence-corrected chi connectivity index (χ2v) is 10.9. The molecular weight excluding hydrogens is 535 g/mol. The molecule has 4 aromatic rings. The van der Waals surface area contributed by atoms with Crippen molar-refractivity contribution in [2.45, 2.75) is 56.8 Å². The Bertz CT molecular complexity index is 1500. The third-order valence-corrected chi connectivity index (χ3v) is 8.17. The number of fused-ring (bicyclic) bond motifs is 3. The van der Waals surface area contributed by atoms with E-state index >= 15 is 0 Å². The first-order valence-corrected chi connectivity index (χ1v) is 14.1. The molecule has 2 fully saturated rings. The third kappa shape index (κ3) is 6.34. The molecule has 4 heterocycles. The van der Waals surface area contributed by atoms with E-state index in [0.29, 0.717) is 31.4 Å². The molecule has 41 heavy (non-hydrogen) atoms. The smallest absolute Gasteiger partial charge is 0.493 e. The van der Waals surface area contributed by atoms with E-state index < -0.39 is 6.36 Å². The zero-order valence-corrected chi connectivity index (χ0v) is 22.5. The number of likely N-dealkylation sites (tertiary alicyclic amines) is 1. The molecule has 2 amide bonds. The highest BCUT2D eigenvalue weighted by Crippen LogP contribution is 2.38. The van der Waals surface area contributed by atoms with E-state index in [1.807, 2.05) is 23.5 Å². The van der Waals surface area contributed by atoms with Crippen molar-refractivity contribution in [2.75, 3.05) is 19.7 Å². The van der Waals surface area contributed by atoms with Gasteiger partial charge in [0.05, 0.1) is 18.3 Å². The Balaban J connectivity index is 0.996. The minimum absolute atomic E-state index is 0.0405. The number of hydrogen-bond donors (Lipinski definition) is 2. The van der Waals surface area contributed by atoms with Crippen LogP contribution in [-0.2, 0) is 0 Å². The van der Waals surface area contributed by atoms with E-state index in [2.05, 4.69) is 37.1 Å². The zero-order valence-electron chi connectivity index (χ0n) is 22.5. The van der Waals surface area contributed by atoms with Gasteiger partial charge in [0.1, 0.15) is 17.1 Å². The van der Waals surface area contributed by atoms with Crippen molar-refractivity contribution in [3.8, 4) is 11.5 Å². The number of aromatic amines is 1. The fourth-order valence-electron chi connectivity index (χ4n) is 6.17. The summed E-state index contributed by atoms with van der Waals surface area (Å²) in [5.74, 6) is 0.730. The number of rotatable bonds is 6. The van der Waals surface area contributed by atoms with Crippen LogP contribution in [0.1, 0.15) is 50.0 Å². The summed E-state index contributed by atoms with van der Waals surface area (Å²) in [6.45, 7) is 1.67. The first-order chi connectivity index (χ1) is 19.8. The molecule has 3 aromatic heterocycles. The van der Waals surface area contributed by atoms with Gasteiger partial charge in [0.25, 0.3) is 0 Å². The molecule has 1 saturated carbocycles. The summed E-state index contributed by atoms with van der Waals surface area (Å²) in [4.78, 5) is 27.2. The number of alkyl halides is 3. The van der Waals surface area contributed by atoms with Crippen LogP contribution in [0.25, 0.3) is 21.9 Å². The molecule has 0 spiro atoms. The van der Waals surface area contributed by atoms with Gasteiger partial charge in [-0.05, 0) is 86.4 Å². The Morgan fingerprint density at radius 1 is 1.02 bits per heavy atom. The molecule has 216 valence electrons. The zero-order chi connectivity index (χ0) is 28.4. The van der Waals surface area contributed by atoms with Crippen molar-refractivity contribution < 1.29 is 27.4 Å². The van der Waals surface area contributed by atoms with Crippen LogP contribution in [0.2, 0.25) is 0 Å². The molecule has 2 N–H and O–H groups in total. The Morgan fingerprint density at radius 3 is 2.59 bits per heavy atom. The average Bonchev–Trinajstić information content (AvgIpc) is 3.46. The number of benzene rings is 1. The molecule has 8 nitrogen and oxygen atoms in total. The first kappa shape index (κ1) is 27.2. The van der Waals surface area contributed by atoms with E-state index in [-0.39, 0.29) is 23.7 Å². The van der Waals surface area contributed by atoms with Gasteiger partial charge in [-0.1, -0.05) is 0 Å². The number of aromatic nitrogens is 3. The van der Waals surface area contributed by atoms with Crippen molar-refractivity contribution in [2.24, 2.45) is 5.92 Å². The van der Waals surface area contributed by atoms with Crippen molar-refractivity contribution in [3.05, 3.63) is 60.6 Å². The third-order valence-electron chi connectivity index (χ3n) is 8.17. The van der Waals surface area contributed by atoms with Gasteiger partial charge in [0, 0.05) is 48.2 Å². The number of ether oxygens (including phenoxy) is 2. The quantitative estimate of drug-likeness (QED) is 0.276. The number of nitrogens with one attached hydrogen (secondary N) is 2. The Kier molecular flexibility index (Phi) is 7.59. The molecule has 1 aliphatic heterocycles. The summed E-state index contributed by atoms with van der Waals surface area (Å²) >= 11 is 0. The van der Waals surface area contributed by atoms with Gasteiger partial charge >= 0.3 is 12.4 Å². The standard InChI is InChI=1S/C30H32F3N5O3/c31-30(32,33)41-23-9-7-22(8-10-23)40-18-19-2-1-15-38(17-19)29(39)37-21-5-3-20(4-6-21)24-11-13-34-26-16-36-28-25(27(24)26)12-14-35-28/h7-14,16,19-21H,1-6,15,17-18H2,(H,35,36)(H,37,39). The largest absolute Gasteiger partial charge is 0.573 e. The number of nitrogens with zero attached hydrogens (tertiary/aromatic N) is 3. The van der Waals surface area contributed by atoms with Gasteiger partial charge in [-0.15, -0.1) is 13.2 Å². The molecular formula is C30H32F3N5O3. The summed E-state index contributed by atoms with van der Waals surface area (Å²) < 4.78 is 46.8. The summed E-state index contributed by atoms with van der Waals surface area (Å²) in [6.07, 6.45) is 6.47. The van der Waals surface area contributed by atoms with E-state index in [0.717, 1.165) is 55.1 Å². The van der Waals surface area contributed by atoms with Crippen LogP contribution in [0.15, 0.2) is 55.0 Å². The van der Waals surface area contributed by atoms with Gasteiger partial charge in [-0.2, -0.15) is 0 Å². The number of urea groups is 1. The van der Waals surface area contributed by atoms with Crippen molar-refractivity contribution in [1.29, 1.82) is 0 Å². The topological polar surface area (TPSA) is 92.4 Å². The summed E-state index contributed by atoms with van der Waals surface area (Å²) in [7, 11) is 0. The van der Waals surface area contributed by atoms with Gasteiger partial charge < -0.3 is 24.7 Å². The molecule has 0 bridgehead atoms. The monoisotopic (exact) mass is 567 g/mol. The lowest BCUT2D eigenvalue weighted by atomic mass is 9.80. The molecule has 6 rings (SSSR count). The van der Waals surface area contributed by atoms with E-state index in [4.69, 9.17) is 4.74 Å². The molecule has 1 unspecified atom stereocenters. The lowest BCUT2D eigenvalue weighted by Crippen LogP contribution is -2.50. The number of H-pyrrole nitrogens is 1. The minimum Gasteiger partial charge on any atom is -0.493 e. The minimum atomic E-state index is -4.73. The number of hydrogen-bond acceptors (Lipinski definition) is 5. The molecule has 2 aliphatic rings. The van der Waals surface area contributed by atoms with E-state index in [1.54, 1.807) is 0 Å². The molecule has 1 aliphatic carbocycles. The van der Waals surface area contributed by atoms with Crippen LogP contribution in [0.4, 0.5) is 18.0 Å². The van der Waals surface area contributed by atoms with Gasteiger partial charge in [0.15, 0.2) is 0 Å². The van der Waals surface area contributed by atoms with Crippen LogP contribution < -0.4 is 14.8 Å². The lowest BCUT2D eigenvalue weighted by molar-refractivity contribution is -0.274. The second kappa shape index (κ2) is 11.5. The fourth-order valence-corrected chi connectivity index (χ4v) is 6.17. The summed E-state index contributed by atoms with van der Waals surface area (Å²) in [5, 5.41) is 5.52. The van der Waals surface area contributed by atoms with Crippen LogP contribution in [0, 0.1) is 5.92 Å². The number of amides is 2. The van der Waals surface area contributed by atoms with Gasteiger partial charge in [-0.25, -0.2) is 9.78 Å². The molecule has 1 saturated heterocycles. The normalized spacial score (nSPS) is 21.6. The number of halogens is 3. The highest BCUT2D eigenvalue weighted by molar-refractivity contribution is 6.05. The predicted molar refractivity (Wildman–Crippen MR) is 148 cm³/mol. The number of pyridine rings is 2. The molecule has 0 radical (unpaired) electrons. The second-order valence-electron chi connectivity index (χ2n) is 10.9. The van der Waals surface area contributed by atoms with Gasteiger partial charge in [-0.3, -0.25) is 4.98 Å². The molecule has 1 aromatic carbocycles. The van der Waals surface area contributed by atoms with Crippen molar-refractivity contribution in [3.63, 3.8) is 0 Å². The maximum absolute atomic E-state index is 13.1.